The van der Waals surface area contributed by atoms with Gasteiger partial charge in [0.15, 0.2) is 0 Å². The fraction of sp³-hybridized carbons (Fsp3) is 0.444. The maximum atomic E-state index is 13.1. The summed E-state index contributed by atoms with van der Waals surface area (Å²) in [5.74, 6) is -0.283. The Labute approximate surface area is 141 Å². The summed E-state index contributed by atoms with van der Waals surface area (Å²) in [6, 6.07) is 6.39. The standard InChI is InChI=1S/C18H23FN4O/c1-13-17(12-20-23(13)16-6-4-14(19)5-7-16)18(24)22(3)15-8-10-21(2)11-9-15/h4-7,12,15H,8-11H2,1-3H3/p+1. The van der Waals surface area contributed by atoms with Crippen LogP contribution in [-0.2, 0) is 0 Å². The van der Waals surface area contributed by atoms with E-state index in [0.717, 1.165) is 37.3 Å². The zero-order chi connectivity index (χ0) is 17.3. The largest absolute Gasteiger partial charge is 0.338 e. The van der Waals surface area contributed by atoms with Gasteiger partial charge < -0.3 is 9.80 Å². The number of hydrogen-bond acceptors (Lipinski definition) is 2. The topological polar surface area (TPSA) is 42.6 Å². The van der Waals surface area contributed by atoms with Crippen LogP contribution in [0.2, 0.25) is 0 Å². The number of carbonyl (C=O) groups excluding carboxylic acids is 1. The van der Waals surface area contributed by atoms with Crippen molar-refractivity contribution in [3.63, 3.8) is 0 Å². The highest BCUT2D eigenvalue weighted by Crippen LogP contribution is 2.18. The first-order chi connectivity index (χ1) is 11.5. The molecule has 0 radical (unpaired) electrons. The zero-order valence-corrected chi connectivity index (χ0v) is 14.4. The van der Waals surface area contributed by atoms with Gasteiger partial charge in [0.1, 0.15) is 5.82 Å². The van der Waals surface area contributed by atoms with E-state index in [4.69, 9.17) is 0 Å². The monoisotopic (exact) mass is 331 g/mol. The smallest absolute Gasteiger partial charge is 0.257 e. The Morgan fingerprint density at radius 1 is 1.29 bits per heavy atom. The number of hydrogen-bond donors (Lipinski definition) is 1. The van der Waals surface area contributed by atoms with E-state index in [1.807, 2.05) is 18.9 Å². The number of nitrogens with one attached hydrogen (secondary N) is 1. The van der Waals surface area contributed by atoms with Gasteiger partial charge in [-0.1, -0.05) is 0 Å². The van der Waals surface area contributed by atoms with Gasteiger partial charge in [0.2, 0.25) is 0 Å². The molecule has 0 spiro atoms. The Bertz CT molecular complexity index is 717. The van der Waals surface area contributed by atoms with Crippen molar-refractivity contribution in [2.75, 3.05) is 27.2 Å². The number of quaternary nitrogens is 1. The number of carbonyl (C=O) groups is 1. The van der Waals surface area contributed by atoms with Gasteiger partial charge in [-0.05, 0) is 31.2 Å². The predicted molar refractivity (Wildman–Crippen MR) is 90.0 cm³/mol. The van der Waals surface area contributed by atoms with E-state index < -0.39 is 0 Å². The van der Waals surface area contributed by atoms with E-state index >= 15 is 0 Å². The summed E-state index contributed by atoms with van der Waals surface area (Å²) in [6.07, 6.45) is 3.66. The molecule has 5 nitrogen and oxygen atoms in total. The van der Waals surface area contributed by atoms with Crippen LogP contribution in [0.3, 0.4) is 0 Å². The average Bonchev–Trinajstić information content (AvgIpc) is 2.96. The Kier molecular flexibility index (Phi) is 4.66. The lowest BCUT2D eigenvalue weighted by Crippen LogP contribution is -3.10. The molecule has 0 saturated carbocycles. The van der Waals surface area contributed by atoms with Crippen LogP contribution in [0.5, 0.6) is 0 Å². The van der Waals surface area contributed by atoms with Crippen LogP contribution in [0.15, 0.2) is 30.5 Å². The van der Waals surface area contributed by atoms with Crippen molar-refractivity contribution in [2.24, 2.45) is 0 Å². The average molecular weight is 331 g/mol. The Balaban J connectivity index is 1.79. The fourth-order valence-corrected chi connectivity index (χ4v) is 3.30. The lowest BCUT2D eigenvalue weighted by molar-refractivity contribution is -0.885. The molecular weight excluding hydrogens is 307 g/mol. The number of rotatable bonds is 3. The van der Waals surface area contributed by atoms with Crippen molar-refractivity contribution in [1.82, 2.24) is 14.7 Å². The van der Waals surface area contributed by atoms with E-state index in [1.165, 1.54) is 17.0 Å². The van der Waals surface area contributed by atoms with Gasteiger partial charge in [0.25, 0.3) is 5.91 Å². The molecule has 0 atom stereocenters. The molecule has 3 rings (SSSR count). The van der Waals surface area contributed by atoms with Gasteiger partial charge in [0, 0.05) is 25.9 Å². The molecule has 1 aromatic carbocycles. The van der Waals surface area contributed by atoms with Crippen LogP contribution in [-0.4, -0.2) is 53.8 Å². The molecule has 24 heavy (non-hydrogen) atoms. The lowest BCUT2D eigenvalue weighted by Gasteiger charge is -2.33. The summed E-state index contributed by atoms with van der Waals surface area (Å²) < 4.78 is 14.8. The number of piperidine rings is 1. The summed E-state index contributed by atoms with van der Waals surface area (Å²) >= 11 is 0. The van der Waals surface area contributed by atoms with Gasteiger partial charge in [-0.25, -0.2) is 9.07 Å². The van der Waals surface area contributed by atoms with Crippen molar-refractivity contribution in [2.45, 2.75) is 25.8 Å². The van der Waals surface area contributed by atoms with Gasteiger partial charge in [-0.2, -0.15) is 5.10 Å². The summed E-state index contributed by atoms with van der Waals surface area (Å²) in [6.45, 7) is 4.06. The first kappa shape index (κ1) is 16.6. The van der Waals surface area contributed by atoms with Crippen molar-refractivity contribution >= 4 is 5.91 Å². The van der Waals surface area contributed by atoms with Crippen LogP contribution in [0.1, 0.15) is 28.9 Å². The highest BCUT2D eigenvalue weighted by molar-refractivity contribution is 5.95. The normalized spacial score (nSPS) is 20.8. The SMILES string of the molecule is Cc1c(C(=O)N(C)C2CC[NH+](C)CC2)cnn1-c1ccc(F)cc1. The second-order valence-corrected chi connectivity index (χ2v) is 6.64. The van der Waals surface area contributed by atoms with Crippen LogP contribution in [0, 0.1) is 12.7 Å². The molecule has 1 amide bonds. The van der Waals surface area contributed by atoms with Gasteiger partial charge >= 0.3 is 0 Å². The van der Waals surface area contributed by atoms with Crippen molar-refractivity contribution in [1.29, 1.82) is 0 Å². The quantitative estimate of drug-likeness (QED) is 0.914. The fourth-order valence-electron chi connectivity index (χ4n) is 3.30. The molecule has 0 bridgehead atoms. The maximum Gasteiger partial charge on any atom is 0.257 e. The van der Waals surface area contributed by atoms with Crippen molar-refractivity contribution < 1.29 is 14.1 Å². The van der Waals surface area contributed by atoms with Crippen LogP contribution >= 0.6 is 0 Å². The molecule has 1 N–H and O–H groups in total. The van der Waals surface area contributed by atoms with E-state index in [-0.39, 0.29) is 17.8 Å². The Hall–Kier alpha value is -2.21. The van der Waals surface area contributed by atoms with E-state index in [2.05, 4.69) is 12.1 Å². The lowest BCUT2D eigenvalue weighted by atomic mass is 10.0. The summed E-state index contributed by atoms with van der Waals surface area (Å²) in [5.41, 5.74) is 2.13. The molecule has 0 unspecified atom stereocenters. The van der Waals surface area contributed by atoms with E-state index in [9.17, 15) is 9.18 Å². The Morgan fingerprint density at radius 3 is 2.54 bits per heavy atom. The molecule has 1 fully saturated rings. The number of aromatic nitrogens is 2. The van der Waals surface area contributed by atoms with Gasteiger partial charge in [0.05, 0.1) is 43.3 Å². The molecule has 6 heteroatoms. The number of nitrogens with zero attached hydrogens (tertiary/aromatic N) is 3. The predicted octanol–water partition coefficient (Wildman–Crippen LogP) is 1.07. The maximum absolute atomic E-state index is 13.1. The number of benzene rings is 1. The second-order valence-electron chi connectivity index (χ2n) is 6.64. The highest BCUT2D eigenvalue weighted by atomic mass is 19.1. The van der Waals surface area contributed by atoms with Crippen LogP contribution in [0.4, 0.5) is 4.39 Å². The van der Waals surface area contributed by atoms with E-state index in [0.29, 0.717) is 5.56 Å². The minimum absolute atomic E-state index is 0.00501. The summed E-state index contributed by atoms with van der Waals surface area (Å²) in [5, 5.41) is 4.32. The molecule has 1 aliphatic heterocycles. The summed E-state index contributed by atoms with van der Waals surface area (Å²) in [4.78, 5) is 16.2. The highest BCUT2D eigenvalue weighted by Gasteiger charge is 2.28. The first-order valence-corrected chi connectivity index (χ1v) is 8.36. The second kappa shape index (κ2) is 6.73. The molecule has 0 aliphatic carbocycles. The van der Waals surface area contributed by atoms with Gasteiger partial charge in [-0.3, -0.25) is 4.79 Å². The molecule has 1 saturated heterocycles. The third-order valence-electron chi connectivity index (χ3n) is 4.99. The molecule has 1 aromatic heterocycles. The number of halogens is 1. The summed E-state index contributed by atoms with van der Waals surface area (Å²) in [7, 11) is 4.07. The third-order valence-corrected chi connectivity index (χ3v) is 4.99. The van der Waals surface area contributed by atoms with Crippen molar-refractivity contribution in [3.8, 4) is 5.69 Å². The van der Waals surface area contributed by atoms with Crippen LogP contribution in [0.25, 0.3) is 5.69 Å². The first-order valence-electron chi connectivity index (χ1n) is 8.36. The minimum atomic E-state index is -0.288. The third kappa shape index (κ3) is 3.19. The Morgan fingerprint density at radius 2 is 1.92 bits per heavy atom. The number of likely N-dealkylation sites (tertiary alicyclic amines) is 1. The minimum Gasteiger partial charge on any atom is -0.338 e. The van der Waals surface area contributed by atoms with Crippen molar-refractivity contribution in [3.05, 3.63) is 47.5 Å². The zero-order valence-electron chi connectivity index (χ0n) is 14.4. The molecular formula is C18H24FN4O+. The van der Waals surface area contributed by atoms with Gasteiger partial charge in [-0.15, -0.1) is 0 Å². The van der Waals surface area contributed by atoms with Crippen LogP contribution < -0.4 is 4.90 Å². The molecule has 128 valence electrons. The van der Waals surface area contributed by atoms with E-state index in [1.54, 1.807) is 23.0 Å². The molecule has 2 heterocycles. The molecule has 2 aromatic rings. The number of amides is 1. The molecule has 1 aliphatic rings.